The minimum Gasteiger partial charge on any atom is -0.497 e. The van der Waals surface area contributed by atoms with Gasteiger partial charge in [-0.05, 0) is 61.9 Å². The van der Waals surface area contributed by atoms with Gasteiger partial charge in [0.15, 0.2) is 0 Å². The Hall–Kier alpha value is -2.40. The van der Waals surface area contributed by atoms with Crippen molar-refractivity contribution in [3.63, 3.8) is 0 Å². The van der Waals surface area contributed by atoms with Crippen LogP contribution >= 0.6 is 0 Å². The number of unbranched alkanes of at least 4 members (excludes halogenated alkanes) is 1. The molecule has 2 aromatic rings. The van der Waals surface area contributed by atoms with Crippen molar-refractivity contribution in [1.29, 1.82) is 0 Å². The Labute approximate surface area is 179 Å². The molecule has 3 saturated heterocycles. The summed E-state index contributed by atoms with van der Waals surface area (Å²) < 4.78 is 11.7. The molecule has 5 nitrogen and oxygen atoms in total. The van der Waals surface area contributed by atoms with Crippen molar-refractivity contribution < 1.29 is 14.3 Å². The Bertz CT molecular complexity index is 912. The van der Waals surface area contributed by atoms with Crippen LogP contribution in [0.2, 0.25) is 0 Å². The maximum absolute atomic E-state index is 12.7. The Morgan fingerprint density at radius 1 is 1.40 bits per heavy atom. The Morgan fingerprint density at radius 2 is 2.27 bits per heavy atom. The summed E-state index contributed by atoms with van der Waals surface area (Å²) in [6, 6.07) is 8.08. The summed E-state index contributed by atoms with van der Waals surface area (Å²) in [6.45, 7) is 8.18. The summed E-state index contributed by atoms with van der Waals surface area (Å²) >= 11 is 0. The molecular weight excluding hydrogens is 376 g/mol. The van der Waals surface area contributed by atoms with Crippen molar-refractivity contribution in [1.82, 2.24) is 9.88 Å². The van der Waals surface area contributed by atoms with Gasteiger partial charge in [-0.1, -0.05) is 19.4 Å². The molecule has 5 rings (SSSR count). The Morgan fingerprint density at radius 3 is 2.97 bits per heavy atom. The molecule has 0 aliphatic carbocycles. The third kappa shape index (κ3) is 4.08. The minimum atomic E-state index is -0.305. The first kappa shape index (κ1) is 20.9. The summed E-state index contributed by atoms with van der Waals surface area (Å²) in [5, 5.41) is 0.994. The summed E-state index contributed by atoms with van der Waals surface area (Å²) in [5.74, 6) is 1.81. The number of nitrogens with zero attached hydrogens (tertiary/aromatic N) is 2. The molecule has 0 amide bonds. The molecule has 2 bridgehead atoms. The van der Waals surface area contributed by atoms with E-state index in [2.05, 4.69) is 29.5 Å². The maximum Gasteiger partial charge on any atom is 0.306 e. The number of methoxy groups -OCH3 is 1. The molecule has 5 atom stereocenters. The van der Waals surface area contributed by atoms with Gasteiger partial charge in [0.05, 0.1) is 18.7 Å². The summed E-state index contributed by atoms with van der Waals surface area (Å²) in [5.41, 5.74) is 1.92. The number of piperidine rings is 3. The van der Waals surface area contributed by atoms with E-state index < -0.39 is 0 Å². The monoisotopic (exact) mass is 408 g/mol. The first-order chi connectivity index (χ1) is 14.6. The lowest BCUT2D eigenvalue weighted by Crippen LogP contribution is -2.55. The number of carbonyl (C=O) groups excluding carboxylic acids is 1. The van der Waals surface area contributed by atoms with E-state index in [0.29, 0.717) is 18.3 Å². The second-order valence-electron chi connectivity index (χ2n) is 8.54. The van der Waals surface area contributed by atoms with E-state index in [-0.39, 0.29) is 18.1 Å². The average molecular weight is 409 g/mol. The molecule has 1 aromatic carbocycles. The van der Waals surface area contributed by atoms with Crippen LogP contribution in [-0.2, 0) is 9.53 Å². The van der Waals surface area contributed by atoms with Gasteiger partial charge >= 0.3 is 5.97 Å². The number of benzene rings is 1. The number of rotatable bonds is 8. The van der Waals surface area contributed by atoms with Gasteiger partial charge in [-0.3, -0.25) is 14.7 Å². The number of fused-ring (bicyclic) bond motifs is 4. The predicted molar refractivity (Wildman–Crippen MR) is 118 cm³/mol. The van der Waals surface area contributed by atoms with Gasteiger partial charge in [0.25, 0.3) is 0 Å². The molecule has 5 heteroatoms. The molecule has 30 heavy (non-hydrogen) atoms. The highest BCUT2D eigenvalue weighted by Gasteiger charge is 2.44. The fraction of sp³-hybridized carbons (Fsp3) is 0.520. The van der Waals surface area contributed by atoms with Gasteiger partial charge in [0.2, 0.25) is 0 Å². The fourth-order valence-electron chi connectivity index (χ4n) is 5.08. The largest absolute Gasteiger partial charge is 0.497 e. The van der Waals surface area contributed by atoms with Crippen LogP contribution in [-0.4, -0.2) is 42.1 Å². The van der Waals surface area contributed by atoms with Crippen molar-refractivity contribution in [3.05, 3.63) is 48.7 Å². The predicted octanol–water partition coefficient (Wildman–Crippen LogP) is 4.91. The van der Waals surface area contributed by atoms with E-state index in [9.17, 15) is 4.79 Å². The van der Waals surface area contributed by atoms with Gasteiger partial charge in [-0.15, -0.1) is 6.58 Å². The van der Waals surface area contributed by atoms with Gasteiger partial charge in [-0.2, -0.15) is 0 Å². The zero-order valence-corrected chi connectivity index (χ0v) is 18.0. The molecule has 3 fully saturated rings. The number of hydrogen-bond acceptors (Lipinski definition) is 5. The number of hydrogen-bond donors (Lipinski definition) is 0. The number of esters is 1. The summed E-state index contributed by atoms with van der Waals surface area (Å²) in [6.07, 6.45) is 8.12. The van der Waals surface area contributed by atoms with Gasteiger partial charge in [0.1, 0.15) is 11.9 Å². The van der Waals surface area contributed by atoms with Gasteiger partial charge < -0.3 is 9.47 Å². The molecule has 0 saturated carbocycles. The van der Waals surface area contributed by atoms with Gasteiger partial charge in [0, 0.05) is 30.1 Å². The number of aromatic nitrogens is 1. The van der Waals surface area contributed by atoms with E-state index in [1.54, 1.807) is 7.11 Å². The topological polar surface area (TPSA) is 51.7 Å². The molecule has 3 aliphatic heterocycles. The molecule has 3 aliphatic rings. The Kier molecular flexibility index (Phi) is 6.38. The first-order valence-corrected chi connectivity index (χ1v) is 11.1. The van der Waals surface area contributed by atoms with Crippen molar-refractivity contribution in [2.45, 2.75) is 51.2 Å². The van der Waals surface area contributed by atoms with E-state index in [0.717, 1.165) is 54.6 Å². The van der Waals surface area contributed by atoms with Crippen LogP contribution in [0.5, 0.6) is 5.75 Å². The number of pyridine rings is 1. The van der Waals surface area contributed by atoms with Crippen LogP contribution in [0, 0.1) is 11.8 Å². The highest BCUT2D eigenvalue weighted by Crippen LogP contribution is 2.43. The van der Waals surface area contributed by atoms with Crippen molar-refractivity contribution in [2.75, 3.05) is 20.2 Å². The fourth-order valence-corrected chi connectivity index (χ4v) is 5.08. The second-order valence-corrected chi connectivity index (χ2v) is 8.54. The highest BCUT2D eigenvalue weighted by atomic mass is 16.5. The van der Waals surface area contributed by atoms with Crippen LogP contribution in [0.4, 0.5) is 0 Å². The Balaban J connectivity index is 1.72. The zero-order chi connectivity index (χ0) is 21.1. The molecule has 0 N–H and O–H groups in total. The molecule has 1 unspecified atom stereocenters. The third-order valence-electron chi connectivity index (χ3n) is 6.79. The third-order valence-corrected chi connectivity index (χ3v) is 6.79. The standard InChI is InChI=1S/C25H32N2O3/c1-4-6-7-24(28)30-25(23-14-18-11-13-27(23)16-17(18)5-2)20-10-12-26-22-9-8-19(29-3)15-21(20)22/h5,8-10,12,15,17-18,23,25H,2,4,6-7,11,13-14,16H2,1,3H3/t17-,18-,23-,25+/m0/s1. The van der Waals surface area contributed by atoms with Crippen molar-refractivity contribution >= 4 is 16.9 Å². The average Bonchev–Trinajstić information content (AvgIpc) is 2.80. The normalized spacial score (nSPS) is 26.3. The lowest BCUT2D eigenvalue weighted by molar-refractivity contribution is -0.157. The molecule has 0 radical (unpaired) electrons. The van der Waals surface area contributed by atoms with E-state index in [4.69, 9.17) is 9.47 Å². The molecule has 160 valence electrons. The van der Waals surface area contributed by atoms with Crippen LogP contribution in [0.3, 0.4) is 0 Å². The molecule has 1 aromatic heterocycles. The quantitative estimate of drug-likeness (QED) is 0.459. The van der Waals surface area contributed by atoms with Crippen LogP contribution in [0.25, 0.3) is 10.9 Å². The van der Waals surface area contributed by atoms with Crippen LogP contribution < -0.4 is 4.74 Å². The van der Waals surface area contributed by atoms with E-state index in [1.807, 2.05) is 30.5 Å². The lowest BCUT2D eigenvalue weighted by Gasteiger charge is -2.51. The van der Waals surface area contributed by atoms with Crippen molar-refractivity contribution in [3.8, 4) is 5.75 Å². The lowest BCUT2D eigenvalue weighted by atomic mass is 9.73. The van der Waals surface area contributed by atoms with Crippen molar-refractivity contribution in [2.24, 2.45) is 11.8 Å². The summed E-state index contributed by atoms with van der Waals surface area (Å²) in [7, 11) is 1.67. The zero-order valence-electron chi connectivity index (χ0n) is 18.0. The smallest absolute Gasteiger partial charge is 0.306 e. The maximum atomic E-state index is 12.7. The first-order valence-electron chi connectivity index (χ1n) is 11.1. The number of ether oxygens (including phenoxy) is 2. The van der Waals surface area contributed by atoms with Gasteiger partial charge in [-0.25, -0.2) is 0 Å². The second kappa shape index (κ2) is 9.17. The number of carbonyl (C=O) groups is 1. The van der Waals surface area contributed by atoms with E-state index >= 15 is 0 Å². The molecule has 4 heterocycles. The summed E-state index contributed by atoms with van der Waals surface area (Å²) in [4.78, 5) is 19.7. The SMILES string of the molecule is C=C[C@H]1CN2CC[C@H]1C[C@H]2[C@H](OC(=O)CCCC)c1ccnc2ccc(OC)cc12. The minimum absolute atomic E-state index is 0.113. The molecule has 0 spiro atoms. The molecular formula is C25H32N2O3. The van der Waals surface area contributed by atoms with Crippen LogP contribution in [0.15, 0.2) is 43.1 Å². The van der Waals surface area contributed by atoms with Crippen LogP contribution in [0.1, 0.15) is 50.7 Å². The highest BCUT2D eigenvalue weighted by molar-refractivity contribution is 5.84. The van der Waals surface area contributed by atoms with E-state index in [1.165, 1.54) is 6.42 Å².